The zero-order valence-electron chi connectivity index (χ0n) is 32.3. The Labute approximate surface area is 333 Å². The molecule has 4 amide bonds. The Balaban J connectivity index is 1.38. The predicted molar refractivity (Wildman–Crippen MR) is 208 cm³/mol. The largest absolute Gasteiger partial charge is 0.507 e. The second-order valence-electron chi connectivity index (χ2n) is 15.5. The quantitative estimate of drug-likeness (QED) is 0.131. The van der Waals surface area contributed by atoms with E-state index in [4.69, 9.17) is 0 Å². The second kappa shape index (κ2) is 14.0. The molecule has 3 fully saturated rings. The number of aromatic hydroxyl groups is 1. The van der Waals surface area contributed by atoms with E-state index in [-0.39, 0.29) is 30.0 Å². The third kappa shape index (κ3) is 5.98. The van der Waals surface area contributed by atoms with Gasteiger partial charge in [0.1, 0.15) is 5.75 Å². The van der Waals surface area contributed by atoms with Crippen molar-refractivity contribution >= 4 is 69.1 Å². The van der Waals surface area contributed by atoms with Crippen molar-refractivity contribution in [1.29, 1.82) is 0 Å². The van der Waals surface area contributed by atoms with E-state index in [9.17, 15) is 64.7 Å². The van der Waals surface area contributed by atoms with E-state index in [0.717, 1.165) is 24.3 Å². The van der Waals surface area contributed by atoms with E-state index in [1.807, 2.05) is 0 Å². The number of hydrogen-bond acceptors (Lipinski definition) is 15. The minimum absolute atomic E-state index is 0.0259. The molecule has 3 aromatic carbocycles. The fourth-order valence-corrected chi connectivity index (χ4v) is 9.55. The summed E-state index contributed by atoms with van der Waals surface area (Å²) in [6, 6.07) is 6.92. The molecule has 2 aliphatic carbocycles. The first kappa shape index (κ1) is 39.9. The van der Waals surface area contributed by atoms with Gasteiger partial charge in [0.25, 0.3) is 0 Å². The Kier molecular flexibility index (Phi) is 9.44. The van der Waals surface area contributed by atoms with E-state index in [1.54, 1.807) is 32.1 Å². The molecule has 1 saturated carbocycles. The standard InChI is InChI=1S/C38H36N8O13/c1-16-9-18(10-17(2)34(16)47)29-21-7-8-22-30(37(50)41(35(22)48)19-11-25(43(52)53)32(39(3)4)26(12-19)44(54)55)23(21)15-24-31(29)38(51)42(36(24)49)20-13-27(45(56)57)33(40(5)6)28(14-20)46(58)59/h7,9-14,22-24,29-31,47H,8,15H2,1-6H3/t22-,23+,24+,29-,30-,31+/m0/s1. The number of benzene rings is 3. The summed E-state index contributed by atoms with van der Waals surface area (Å²) in [7, 11) is 5.46. The van der Waals surface area contributed by atoms with Crippen molar-refractivity contribution in [2.75, 3.05) is 47.8 Å². The lowest BCUT2D eigenvalue weighted by Gasteiger charge is -2.44. The van der Waals surface area contributed by atoms with Gasteiger partial charge in [-0.05, 0) is 49.3 Å². The Morgan fingerprint density at radius 2 is 0.983 bits per heavy atom. The van der Waals surface area contributed by atoms with Crippen molar-refractivity contribution < 1.29 is 44.0 Å². The average molecular weight is 813 g/mol. The molecule has 59 heavy (non-hydrogen) atoms. The van der Waals surface area contributed by atoms with E-state index in [0.29, 0.717) is 32.1 Å². The van der Waals surface area contributed by atoms with Gasteiger partial charge in [-0.25, -0.2) is 9.80 Å². The van der Waals surface area contributed by atoms with Gasteiger partial charge in [0.05, 0.1) is 54.7 Å². The minimum Gasteiger partial charge on any atom is -0.507 e. The van der Waals surface area contributed by atoms with Crippen molar-refractivity contribution in [1.82, 2.24) is 0 Å². The zero-order chi connectivity index (χ0) is 43.3. The number of rotatable bonds is 9. The van der Waals surface area contributed by atoms with Gasteiger partial charge < -0.3 is 14.9 Å². The molecule has 7 rings (SSSR count). The SMILES string of the molecule is Cc1cc([C@H]2C3=CC[C@@H]4C(=O)N(c5cc([N+](=O)[O-])c(N(C)C)c([N+](=O)[O-])c5)C(=O)[C@@H]4[C@@H]3C[C@H]3C(=O)N(c4cc([N+](=O)[O-])c(N(C)C)c([N+](=O)[O-])c4)C(=O)[C@@H]23)cc(C)c1O. The summed E-state index contributed by atoms with van der Waals surface area (Å²) in [5.41, 5.74) is -2.58. The van der Waals surface area contributed by atoms with Gasteiger partial charge in [0, 0.05) is 58.4 Å². The summed E-state index contributed by atoms with van der Waals surface area (Å²) < 4.78 is 0. The number of nitrogens with zero attached hydrogens (tertiary/aromatic N) is 8. The molecule has 2 saturated heterocycles. The van der Waals surface area contributed by atoms with Crippen LogP contribution in [0, 0.1) is 83.9 Å². The van der Waals surface area contributed by atoms with E-state index >= 15 is 0 Å². The molecule has 2 aliphatic heterocycles. The molecule has 0 bridgehead atoms. The van der Waals surface area contributed by atoms with Crippen LogP contribution >= 0.6 is 0 Å². The first-order chi connectivity index (χ1) is 27.7. The van der Waals surface area contributed by atoms with Gasteiger partial charge in [-0.3, -0.25) is 59.6 Å². The Morgan fingerprint density at radius 1 is 0.593 bits per heavy atom. The summed E-state index contributed by atoms with van der Waals surface area (Å²) in [4.78, 5) is 107. The van der Waals surface area contributed by atoms with Gasteiger partial charge in [-0.2, -0.15) is 0 Å². The van der Waals surface area contributed by atoms with Crippen LogP contribution in [0.5, 0.6) is 5.75 Å². The van der Waals surface area contributed by atoms with Crippen LogP contribution in [0.2, 0.25) is 0 Å². The number of phenolic OH excluding ortho intramolecular Hbond substituents is 1. The highest BCUT2D eigenvalue weighted by Crippen LogP contribution is 2.59. The van der Waals surface area contributed by atoms with E-state index in [2.05, 4.69) is 0 Å². The van der Waals surface area contributed by atoms with Crippen molar-refractivity contribution in [3.8, 4) is 5.75 Å². The van der Waals surface area contributed by atoms with Gasteiger partial charge in [-0.1, -0.05) is 23.8 Å². The summed E-state index contributed by atoms with van der Waals surface area (Å²) in [5.74, 6) is -9.80. The Bertz CT molecular complexity index is 2420. The number of amides is 4. The highest BCUT2D eigenvalue weighted by Gasteiger charge is 2.63. The van der Waals surface area contributed by atoms with Crippen LogP contribution in [0.4, 0.5) is 45.5 Å². The van der Waals surface area contributed by atoms with Crippen LogP contribution in [-0.2, 0) is 19.2 Å². The monoisotopic (exact) mass is 812 g/mol. The number of fused-ring (bicyclic) bond motifs is 4. The molecule has 0 spiro atoms. The zero-order valence-corrected chi connectivity index (χ0v) is 32.3. The third-order valence-electron chi connectivity index (χ3n) is 11.8. The van der Waals surface area contributed by atoms with Crippen LogP contribution in [0.3, 0.4) is 0 Å². The van der Waals surface area contributed by atoms with Crippen LogP contribution in [-0.4, -0.2) is 76.6 Å². The number of imide groups is 2. The molecule has 0 unspecified atom stereocenters. The van der Waals surface area contributed by atoms with Crippen molar-refractivity contribution in [2.45, 2.75) is 32.6 Å². The number of phenols is 1. The van der Waals surface area contributed by atoms with Gasteiger partial charge in [0.2, 0.25) is 23.6 Å². The van der Waals surface area contributed by atoms with Gasteiger partial charge >= 0.3 is 22.7 Å². The molecule has 21 heteroatoms. The van der Waals surface area contributed by atoms with Crippen LogP contribution in [0.1, 0.15) is 35.4 Å². The molecule has 306 valence electrons. The Hall–Kier alpha value is -7.32. The van der Waals surface area contributed by atoms with Crippen LogP contribution in [0.25, 0.3) is 0 Å². The third-order valence-corrected chi connectivity index (χ3v) is 11.8. The number of carbonyl (C=O) groups is 4. The molecule has 0 aromatic heterocycles. The number of carbonyl (C=O) groups excluding carboxylic acids is 4. The topological polar surface area (TPSA) is 274 Å². The first-order valence-corrected chi connectivity index (χ1v) is 18.2. The maximum Gasteiger partial charge on any atom is 0.301 e. The number of nitro benzene ring substituents is 4. The molecule has 4 aliphatic rings. The second-order valence-corrected chi connectivity index (χ2v) is 15.5. The molecule has 21 nitrogen and oxygen atoms in total. The molecule has 3 aromatic rings. The lowest BCUT2D eigenvalue weighted by molar-refractivity contribution is -0.392. The van der Waals surface area contributed by atoms with Gasteiger partial charge in [-0.15, -0.1) is 0 Å². The number of aryl methyl sites for hydroxylation is 2. The van der Waals surface area contributed by atoms with Crippen molar-refractivity contribution in [3.63, 3.8) is 0 Å². The molecule has 2 heterocycles. The fraction of sp³-hybridized carbons (Fsp3) is 0.368. The summed E-state index contributed by atoms with van der Waals surface area (Å²) >= 11 is 0. The normalized spacial score (nSPS) is 23.4. The van der Waals surface area contributed by atoms with E-state index in [1.165, 1.54) is 38.0 Å². The molecular weight excluding hydrogens is 776 g/mol. The molecule has 0 radical (unpaired) electrons. The maximum absolute atomic E-state index is 14.7. The highest BCUT2D eigenvalue weighted by atomic mass is 16.6. The molecular formula is C38H36N8O13. The van der Waals surface area contributed by atoms with Crippen molar-refractivity contribution in [2.24, 2.45) is 29.6 Å². The van der Waals surface area contributed by atoms with Crippen LogP contribution < -0.4 is 19.6 Å². The Morgan fingerprint density at radius 3 is 1.37 bits per heavy atom. The number of anilines is 4. The molecule has 6 atom stereocenters. The predicted octanol–water partition coefficient (Wildman–Crippen LogP) is 4.82. The highest BCUT2D eigenvalue weighted by molar-refractivity contribution is 6.24. The lowest BCUT2D eigenvalue weighted by Crippen LogP contribution is -2.43. The van der Waals surface area contributed by atoms with Crippen molar-refractivity contribution in [3.05, 3.63) is 105 Å². The smallest absolute Gasteiger partial charge is 0.301 e. The number of nitro groups is 4. The van der Waals surface area contributed by atoms with E-state index < -0.39 is 113 Å². The molecule has 1 N–H and O–H groups in total. The summed E-state index contributed by atoms with van der Waals surface area (Å²) in [6.45, 7) is 3.26. The number of allylic oxidation sites excluding steroid dienone is 2. The summed E-state index contributed by atoms with van der Waals surface area (Å²) in [5, 5.41) is 59.5. The first-order valence-electron chi connectivity index (χ1n) is 18.2. The minimum atomic E-state index is -1.21. The lowest BCUT2D eigenvalue weighted by atomic mass is 9.57. The number of hydrogen-bond donors (Lipinski definition) is 1. The maximum atomic E-state index is 14.7. The average Bonchev–Trinajstić information content (AvgIpc) is 3.57. The van der Waals surface area contributed by atoms with Crippen LogP contribution in [0.15, 0.2) is 48.0 Å². The fourth-order valence-electron chi connectivity index (χ4n) is 9.55. The van der Waals surface area contributed by atoms with Gasteiger partial charge in [0.15, 0.2) is 11.4 Å². The summed E-state index contributed by atoms with van der Waals surface area (Å²) in [6.07, 6.45) is 1.48.